The van der Waals surface area contributed by atoms with Gasteiger partial charge in [-0.25, -0.2) is 9.66 Å². The number of carbonyl (C=O) groups is 1. The predicted octanol–water partition coefficient (Wildman–Crippen LogP) is 3.08. The standard InChI is InChI=1S/C17H17N3O/c1-17(2,13-8-4-3-5-9-13)16(21)19-20-12-18-14-10-6-7-11-15(14)20/h3-12H,1-2H3,(H,19,21). The number of rotatable bonds is 3. The third-order valence-corrected chi connectivity index (χ3v) is 3.74. The zero-order chi connectivity index (χ0) is 14.9. The number of amides is 1. The maximum Gasteiger partial charge on any atom is 0.248 e. The van der Waals surface area contributed by atoms with Crippen molar-refractivity contribution in [2.75, 3.05) is 5.43 Å². The van der Waals surface area contributed by atoms with Crippen molar-refractivity contribution >= 4 is 16.9 Å². The van der Waals surface area contributed by atoms with Gasteiger partial charge >= 0.3 is 0 Å². The predicted molar refractivity (Wildman–Crippen MR) is 83.6 cm³/mol. The van der Waals surface area contributed by atoms with Crippen molar-refractivity contribution in [3.05, 3.63) is 66.5 Å². The number of hydrogen-bond acceptors (Lipinski definition) is 2. The molecule has 0 bridgehead atoms. The van der Waals surface area contributed by atoms with Crippen molar-refractivity contribution in [2.24, 2.45) is 0 Å². The molecule has 1 amide bonds. The summed E-state index contributed by atoms with van der Waals surface area (Å²) in [5.41, 5.74) is 5.02. The summed E-state index contributed by atoms with van der Waals surface area (Å²) in [7, 11) is 0. The van der Waals surface area contributed by atoms with Crippen molar-refractivity contribution in [2.45, 2.75) is 19.3 Å². The summed E-state index contributed by atoms with van der Waals surface area (Å²) in [5.74, 6) is -0.0724. The first-order valence-electron chi connectivity index (χ1n) is 6.88. The van der Waals surface area contributed by atoms with E-state index in [9.17, 15) is 4.79 Å². The molecular weight excluding hydrogens is 262 g/mol. The first-order chi connectivity index (χ1) is 10.1. The molecule has 0 fully saturated rings. The molecule has 0 radical (unpaired) electrons. The topological polar surface area (TPSA) is 46.9 Å². The van der Waals surface area contributed by atoms with Crippen LogP contribution in [0.25, 0.3) is 11.0 Å². The number of carbonyl (C=O) groups excluding carboxylic acids is 1. The second-order valence-corrected chi connectivity index (χ2v) is 5.54. The molecule has 0 aliphatic carbocycles. The second-order valence-electron chi connectivity index (χ2n) is 5.54. The van der Waals surface area contributed by atoms with Crippen molar-refractivity contribution in [1.82, 2.24) is 9.66 Å². The van der Waals surface area contributed by atoms with E-state index in [-0.39, 0.29) is 5.91 Å². The quantitative estimate of drug-likeness (QED) is 0.801. The third-order valence-electron chi connectivity index (χ3n) is 3.74. The minimum Gasteiger partial charge on any atom is -0.272 e. The highest BCUT2D eigenvalue weighted by Gasteiger charge is 2.30. The lowest BCUT2D eigenvalue weighted by Crippen LogP contribution is -2.38. The van der Waals surface area contributed by atoms with Crippen LogP contribution in [0.2, 0.25) is 0 Å². The Balaban J connectivity index is 1.89. The van der Waals surface area contributed by atoms with Crippen LogP contribution in [0.4, 0.5) is 0 Å². The fourth-order valence-corrected chi connectivity index (χ4v) is 2.28. The number of nitrogens with one attached hydrogen (secondary N) is 1. The lowest BCUT2D eigenvalue weighted by atomic mass is 9.84. The van der Waals surface area contributed by atoms with Crippen molar-refractivity contribution < 1.29 is 4.79 Å². The van der Waals surface area contributed by atoms with Gasteiger partial charge in [-0.05, 0) is 31.5 Å². The molecule has 1 N–H and O–H groups in total. The normalized spacial score (nSPS) is 11.5. The molecule has 4 nitrogen and oxygen atoms in total. The molecule has 0 saturated carbocycles. The molecule has 0 aliphatic rings. The molecule has 0 atom stereocenters. The molecule has 3 rings (SSSR count). The molecule has 0 unspecified atom stereocenters. The summed E-state index contributed by atoms with van der Waals surface area (Å²) in [5, 5.41) is 0. The number of hydrogen-bond donors (Lipinski definition) is 1. The molecule has 0 spiro atoms. The van der Waals surface area contributed by atoms with E-state index in [1.54, 1.807) is 11.0 Å². The van der Waals surface area contributed by atoms with Crippen LogP contribution in [0.5, 0.6) is 0 Å². The molecule has 3 aromatic rings. The molecule has 21 heavy (non-hydrogen) atoms. The van der Waals surface area contributed by atoms with E-state index < -0.39 is 5.41 Å². The Morgan fingerprint density at radius 1 is 1.05 bits per heavy atom. The van der Waals surface area contributed by atoms with Crippen LogP contribution in [0.1, 0.15) is 19.4 Å². The minimum atomic E-state index is -0.618. The molecule has 2 aromatic carbocycles. The number of fused-ring (bicyclic) bond motifs is 1. The smallest absolute Gasteiger partial charge is 0.248 e. The second kappa shape index (κ2) is 5.05. The van der Waals surface area contributed by atoms with Crippen LogP contribution in [0, 0.1) is 0 Å². The Kier molecular flexibility index (Phi) is 3.22. The minimum absolute atomic E-state index is 0.0724. The number of para-hydroxylation sites is 2. The Bertz CT molecular complexity index is 775. The van der Waals surface area contributed by atoms with Gasteiger partial charge in [-0.2, -0.15) is 0 Å². The van der Waals surface area contributed by atoms with Crippen LogP contribution >= 0.6 is 0 Å². The number of aromatic nitrogens is 2. The fourth-order valence-electron chi connectivity index (χ4n) is 2.28. The summed E-state index contributed by atoms with van der Waals surface area (Å²) in [4.78, 5) is 16.9. The summed E-state index contributed by atoms with van der Waals surface area (Å²) in [6, 6.07) is 17.5. The van der Waals surface area contributed by atoms with E-state index in [2.05, 4.69) is 10.4 Å². The monoisotopic (exact) mass is 279 g/mol. The zero-order valence-electron chi connectivity index (χ0n) is 12.1. The Morgan fingerprint density at radius 3 is 2.48 bits per heavy atom. The Labute approximate surface area is 123 Å². The van der Waals surface area contributed by atoms with Crippen LogP contribution in [-0.2, 0) is 10.2 Å². The van der Waals surface area contributed by atoms with E-state index in [1.165, 1.54) is 0 Å². The van der Waals surface area contributed by atoms with E-state index in [1.807, 2.05) is 68.4 Å². The number of benzene rings is 2. The highest BCUT2D eigenvalue weighted by Crippen LogP contribution is 2.23. The van der Waals surface area contributed by atoms with Gasteiger partial charge in [0.05, 0.1) is 16.4 Å². The van der Waals surface area contributed by atoms with Gasteiger partial charge < -0.3 is 0 Å². The molecule has 0 saturated heterocycles. The van der Waals surface area contributed by atoms with Gasteiger partial charge in [0.15, 0.2) is 0 Å². The van der Waals surface area contributed by atoms with Crippen molar-refractivity contribution in [1.29, 1.82) is 0 Å². The van der Waals surface area contributed by atoms with Crippen molar-refractivity contribution in [3.63, 3.8) is 0 Å². The van der Waals surface area contributed by atoms with E-state index >= 15 is 0 Å². The maximum absolute atomic E-state index is 12.6. The van der Waals surface area contributed by atoms with E-state index in [4.69, 9.17) is 0 Å². The van der Waals surface area contributed by atoms with Crippen LogP contribution in [-0.4, -0.2) is 15.6 Å². The molecule has 4 heteroatoms. The van der Waals surface area contributed by atoms with Gasteiger partial charge in [0, 0.05) is 0 Å². The molecule has 1 aromatic heterocycles. The molecule has 106 valence electrons. The third kappa shape index (κ3) is 2.40. The Hall–Kier alpha value is -2.62. The van der Waals surface area contributed by atoms with Gasteiger partial charge in [0.25, 0.3) is 0 Å². The highest BCUT2D eigenvalue weighted by molar-refractivity contribution is 5.94. The SMILES string of the molecule is CC(C)(C(=O)Nn1cnc2ccccc21)c1ccccc1. The van der Waals surface area contributed by atoms with Gasteiger partial charge in [-0.15, -0.1) is 0 Å². The van der Waals surface area contributed by atoms with Gasteiger partial charge in [-0.3, -0.25) is 10.2 Å². The molecular formula is C17H17N3O. The van der Waals surface area contributed by atoms with E-state index in [0.717, 1.165) is 16.6 Å². The first kappa shape index (κ1) is 13.4. The zero-order valence-corrected chi connectivity index (χ0v) is 12.1. The number of nitrogens with zero attached hydrogens (tertiary/aromatic N) is 2. The van der Waals surface area contributed by atoms with Crippen molar-refractivity contribution in [3.8, 4) is 0 Å². The van der Waals surface area contributed by atoms with Gasteiger partial charge in [0.2, 0.25) is 5.91 Å². The lowest BCUT2D eigenvalue weighted by Gasteiger charge is -2.24. The Morgan fingerprint density at radius 2 is 1.71 bits per heavy atom. The average molecular weight is 279 g/mol. The van der Waals surface area contributed by atoms with Crippen LogP contribution in [0.15, 0.2) is 60.9 Å². The van der Waals surface area contributed by atoms with Gasteiger partial charge in [-0.1, -0.05) is 42.5 Å². The van der Waals surface area contributed by atoms with Gasteiger partial charge in [0.1, 0.15) is 6.33 Å². The molecule has 0 aliphatic heterocycles. The summed E-state index contributed by atoms with van der Waals surface area (Å²) in [6.45, 7) is 3.83. The largest absolute Gasteiger partial charge is 0.272 e. The fraction of sp³-hybridized carbons (Fsp3) is 0.176. The van der Waals surface area contributed by atoms with E-state index in [0.29, 0.717) is 0 Å². The molecule has 1 heterocycles. The number of imidazole rings is 1. The summed E-state index contributed by atoms with van der Waals surface area (Å²) < 4.78 is 1.67. The summed E-state index contributed by atoms with van der Waals surface area (Å²) in [6.07, 6.45) is 1.63. The maximum atomic E-state index is 12.6. The van der Waals surface area contributed by atoms with Crippen LogP contribution < -0.4 is 5.43 Å². The van der Waals surface area contributed by atoms with Crippen LogP contribution in [0.3, 0.4) is 0 Å². The lowest BCUT2D eigenvalue weighted by molar-refractivity contribution is -0.121. The first-order valence-corrected chi connectivity index (χ1v) is 6.88. The average Bonchev–Trinajstić information content (AvgIpc) is 2.91. The highest BCUT2D eigenvalue weighted by atomic mass is 16.2. The summed E-state index contributed by atoms with van der Waals surface area (Å²) >= 11 is 0.